The number of benzene rings is 1. The monoisotopic (exact) mass is 327 g/mol. The van der Waals surface area contributed by atoms with Gasteiger partial charge in [0.05, 0.1) is 12.7 Å². The van der Waals surface area contributed by atoms with Crippen LogP contribution in [0.3, 0.4) is 0 Å². The minimum atomic E-state index is 0.0464. The largest absolute Gasteiger partial charge is 0.497 e. The first-order valence-electron chi connectivity index (χ1n) is 8.74. The van der Waals surface area contributed by atoms with Crippen LogP contribution in [0.1, 0.15) is 28.9 Å². The highest BCUT2D eigenvalue weighted by Crippen LogP contribution is 2.31. The second-order valence-electron chi connectivity index (χ2n) is 7.12. The fourth-order valence-electron chi connectivity index (χ4n) is 4.33. The number of rotatable bonds is 3. The first-order valence-corrected chi connectivity index (χ1v) is 8.74. The summed E-state index contributed by atoms with van der Waals surface area (Å²) in [4.78, 5) is 15.5. The van der Waals surface area contributed by atoms with Gasteiger partial charge in [0, 0.05) is 36.2 Å². The first kappa shape index (κ1) is 15.5. The van der Waals surface area contributed by atoms with Crippen molar-refractivity contribution in [2.45, 2.75) is 25.8 Å². The lowest BCUT2D eigenvalue weighted by molar-refractivity contribution is 0.0621. The first-order chi connectivity index (χ1) is 11.6. The van der Waals surface area contributed by atoms with Crippen LogP contribution < -0.4 is 10.1 Å². The third-order valence-electron chi connectivity index (χ3n) is 5.90. The topological polar surface area (TPSA) is 46.5 Å². The van der Waals surface area contributed by atoms with Crippen molar-refractivity contribution < 1.29 is 9.53 Å². The Morgan fingerprint density at radius 1 is 1.29 bits per heavy atom. The third-order valence-corrected chi connectivity index (χ3v) is 5.90. The van der Waals surface area contributed by atoms with Crippen LogP contribution in [0.4, 0.5) is 0 Å². The molecular weight excluding hydrogens is 302 g/mol. The van der Waals surface area contributed by atoms with Crippen molar-refractivity contribution in [3.63, 3.8) is 0 Å². The normalized spacial score (nSPS) is 25.9. The molecule has 4 heterocycles. The van der Waals surface area contributed by atoms with Crippen LogP contribution in [0.2, 0.25) is 0 Å². The van der Waals surface area contributed by atoms with Crippen molar-refractivity contribution >= 4 is 16.8 Å². The maximum atomic E-state index is 13.1. The van der Waals surface area contributed by atoms with E-state index in [2.05, 4.69) is 14.8 Å². The molecule has 1 aromatic heterocycles. The number of amides is 1. The molecule has 0 radical (unpaired) electrons. The lowest BCUT2D eigenvalue weighted by Gasteiger charge is -2.44. The molecule has 3 aliphatic rings. The van der Waals surface area contributed by atoms with E-state index < -0.39 is 0 Å². The zero-order chi connectivity index (χ0) is 16.8. The minimum absolute atomic E-state index is 0.0464. The summed E-state index contributed by atoms with van der Waals surface area (Å²) in [5.74, 6) is 1.46. The van der Waals surface area contributed by atoms with Gasteiger partial charge in [-0.1, -0.05) is 0 Å². The Morgan fingerprint density at radius 2 is 2.04 bits per heavy atom. The van der Waals surface area contributed by atoms with E-state index in [1.54, 1.807) is 7.11 Å². The fourth-order valence-corrected chi connectivity index (χ4v) is 4.33. The van der Waals surface area contributed by atoms with Crippen molar-refractivity contribution in [1.82, 2.24) is 14.8 Å². The van der Waals surface area contributed by atoms with Crippen LogP contribution in [-0.4, -0.2) is 48.2 Å². The molecule has 0 saturated carbocycles. The van der Waals surface area contributed by atoms with Gasteiger partial charge in [0.2, 0.25) is 0 Å². The van der Waals surface area contributed by atoms with Crippen LogP contribution in [0, 0.1) is 12.8 Å². The molecule has 3 saturated heterocycles. The molecule has 1 aromatic carbocycles. The second-order valence-corrected chi connectivity index (χ2v) is 7.12. The molecule has 0 unspecified atom stereocenters. The van der Waals surface area contributed by atoms with Gasteiger partial charge in [0.1, 0.15) is 5.75 Å². The minimum Gasteiger partial charge on any atom is -0.497 e. The van der Waals surface area contributed by atoms with Gasteiger partial charge in [0.25, 0.3) is 5.91 Å². The van der Waals surface area contributed by atoms with Gasteiger partial charge in [-0.15, -0.1) is 0 Å². The van der Waals surface area contributed by atoms with Crippen molar-refractivity contribution in [2.75, 3.05) is 26.7 Å². The van der Waals surface area contributed by atoms with Gasteiger partial charge in [-0.2, -0.15) is 0 Å². The predicted molar refractivity (Wildman–Crippen MR) is 94.6 cm³/mol. The highest BCUT2D eigenvalue weighted by atomic mass is 16.5. The number of hydrogen-bond acceptors (Lipinski definition) is 3. The maximum Gasteiger partial charge on any atom is 0.254 e. The van der Waals surface area contributed by atoms with Crippen molar-refractivity contribution in [3.8, 4) is 5.75 Å². The standard InChI is InChI=1S/C19H25N3O2/c1-12-18(15-10-14(24-3)4-5-17(15)21(12)2)19(23)20-16-11-22-8-6-13(16)7-9-22/h4-5,10,13,16H,6-9,11H2,1-3H3,(H,20,23)/t16-/m1/s1. The summed E-state index contributed by atoms with van der Waals surface area (Å²) >= 11 is 0. The Bertz CT molecular complexity index is 787. The molecular formula is C19H25N3O2. The number of aromatic nitrogens is 1. The van der Waals surface area contributed by atoms with Gasteiger partial charge in [0.15, 0.2) is 0 Å². The van der Waals surface area contributed by atoms with Gasteiger partial charge in [-0.3, -0.25) is 4.79 Å². The number of carbonyl (C=O) groups is 1. The van der Waals surface area contributed by atoms with E-state index >= 15 is 0 Å². The molecule has 1 amide bonds. The Labute approximate surface area is 142 Å². The van der Waals surface area contributed by atoms with E-state index in [0.717, 1.165) is 34.5 Å². The van der Waals surface area contributed by atoms with Crippen molar-refractivity contribution in [1.29, 1.82) is 0 Å². The van der Waals surface area contributed by atoms with Crippen LogP contribution in [-0.2, 0) is 7.05 Å². The smallest absolute Gasteiger partial charge is 0.254 e. The molecule has 3 aliphatic heterocycles. The number of carbonyl (C=O) groups excluding carboxylic acids is 1. The van der Waals surface area contributed by atoms with Crippen LogP contribution in [0.15, 0.2) is 18.2 Å². The number of fused-ring (bicyclic) bond motifs is 4. The quantitative estimate of drug-likeness (QED) is 0.941. The summed E-state index contributed by atoms with van der Waals surface area (Å²) in [6, 6.07) is 6.21. The van der Waals surface area contributed by atoms with Gasteiger partial charge >= 0.3 is 0 Å². The van der Waals surface area contributed by atoms with Crippen LogP contribution in [0.5, 0.6) is 5.75 Å². The summed E-state index contributed by atoms with van der Waals surface area (Å²) in [5.41, 5.74) is 2.84. The van der Waals surface area contributed by atoms with Crippen molar-refractivity contribution in [3.05, 3.63) is 29.5 Å². The van der Waals surface area contributed by atoms with E-state index in [-0.39, 0.29) is 11.9 Å². The van der Waals surface area contributed by atoms with E-state index in [0.29, 0.717) is 5.92 Å². The Kier molecular flexibility index (Phi) is 3.76. The number of ether oxygens (including phenoxy) is 1. The molecule has 5 rings (SSSR count). The number of methoxy groups -OCH3 is 1. The summed E-state index contributed by atoms with van der Waals surface area (Å²) in [5, 5.41) is 4.28. The average Bonchev–Trinajstić information content (AvgIpc) is 2.86. The van der Waals surface area contributed by atoms with Crippen LogP contribution >= 0.6 is 0 Å². The molecule has 24 heavy (non-hydrogen) atoms. The molecule has 3 fully saturated rings. The lowest BCUT2D eigenvalue weighted by atomic mass is 9.84. The zero-order valence-corrected chi connectivity index (χ0v) is 14.6. The maximum absolute atomic E-state index is 13.1. The van der Waals surface area contributed by atoms with E-state index in [9.17, 15) is 4.79 Å². The van der Waals surface area contributed by atoms with Crippen molar-refractivity contribution in [2.24, 2.45) is 13.0 Å². The van der Waals surface area contributed by atoms with Gasteiger partial charge < -0.3 is 19.5 Å². The van der Waals surface area contributed by atoms with Gasteiger partial charge in [-0.05, 0) is 57.0 Å². The van der Waals surface area contributed by atoms with E-state index in [1.165, 1.54) is 25.9 Å². The average molecular weight is 327 g/mol. The summed E-state index contributed by atoms with van der Waals surface area (Å²) in [6.45, 7) is 5.37. The number of nitrogens with one attached hydrogen (secondary N) is 1. The molecule has 1 N–H and O–H groups in total. The van der Waals surface area contributed by atoms with E-state index in [4.69, 9.17) is 4.74 Å². The SMILES string of the molecule is COc1ccc2c(c1)c(C(=O)N[C@@H]1CN3CCC1CC3)c(C)n2C. The molecule has 1 atom stereocenters. The highest BCUT2D eigenvalue weighted by molar-refractivity contribution is 6.08. The number of aryl methyl sites for hydroxylation is 1. The molecule has 0 aliphatic carbocycles. The molecule has 128 valence electrons. The summed E-state index contributed by atoms with van der Waals surface area (Å²) in [7, 11) is 3.67. The van der Waals surface area contributed by atoms with E-state index in [1.807, 2.05) is 32.2 Å². The van der Waals surface area contributed by atoms with Gasteiger partial charge in [-0.25, -0.2) is 0 Å². The Hall–Kier alpha value is -2.01. The molecule has 5 heteroatoms. The summed E-state index contributed by atoms with van der Waals surface area (Å²) in [6.07, 6.45) is 2.40. The summed E-state index contributed by atoms with van der Waals surface area (Å²) < 4.78 is 7.43. The molecule has 0 spiro atoms. The number of nitrogens with zero attached hydrogens (tertiary/aromatic N) is 2. The Morgan fingerprint density at radius 3 is 2.67 bits per heavy atom. The predicted octanol–water partition coefficient (Wildman–Crippen LogP) is 2.32. The molecule has 2 aromatic rings. The zero-order valence-electron chi connectivity index (χ0n) is 14.6. The lowest BCUT2D eigenvalue weighted by Crippen LogP contribution is -2.57. The third kappa shape index (κ3) is 2.38. The number of piperidine rings is 3. The molecule has 2 bridgehead atoms. The fraction of sp³-hybridized carbons (Fsp3) is 0.526. The Balaban J connectivity index is 1.67. The van der Waals surface area contributed by atoms with Crippen LogP contribution in [0.25, 0.3) is 10.9 Å². The number of hydrogen-bond donors (Lipinski definition) is 1. The molecule has 5 nitrogen and oxygen atoms in total. The second kappa shape index (κ2) is 5.81. The highest BCUT2D eigenvalue weighted by Gasteiger charge is 2.35.